The second-order valence-electron chi connectivity index (χ2n) is 6.40. The number of benzene rings is 1. The molecule has 0 spiro atoms. The molecule has 7 nitrogen and oxygen atoms in total. The average molecular weight is 375 g/mol. The van der Waals surface area contributed by atoms with E-state index >= 15 is 0 Å². The van der Waals surface area contributed by atoms with Gasteiger partial charge in [0.05, 0.1) is 18.9 Å². The van der Waals surface area contributed by atoms with Crippen molar-refractivity contribution in [2.24, 2.45) is 10.7 Å². The summed E-state index contributed by atoms with van der Waals surface area (Å²) in [6, 6.07) is 6.06. The molecule has 27 heavy (non-hydrogen) atoms. The van der Waals surface area contributed by atoms with Crippen molar-refractivity contribution in [3.05, 3.63) is 42.0 Å². The number of rotatable bonds is 8. The first-order valence-electron chi connectivity index (χ1n) is 9.25. The van der Waals surface area contributed by atoms with E-state index in [0.717, 1.165) is 50.5 Å². The van der Waals surface area contributed by atoms with Crippen molar-refractivity contribution in [2.45, 2.75) is 12.8 Å². The molecule has 1 aliphatic rings. The van der Waals surface area contributed by atoms with E-state index in [9.17, 15) is 4.39 Å². The van der Waals surface area contributed by atoms with Crippen LogP contribution in [0.1, 0.15) is 12.1 Å². The normalized spacial score (nSPS) is 15.8. The Balaban J connectivity index is 1.34. The summed E-state index contributed by atoms with van der Waals surface area (Å²) in [4.78, 5) is 11.1. The van der Waals surface area contributed by atoms with Crippen LogP contribution in [0, 0.1) is 5.82 Å². The van der Waals surface area contributed by atoms with Gasteiger partial charge in [0.1, 0.15) is 12.1 Å². The SMILES string of the molecule is NC(=NCCCN1CCOCC1)NCCc1coc(-c2ccc(F)cc2)n1. The molecule has 0 bridgehead atoms. The third kappa shape index (κ3) is 6.33. The van der Waals surface area contributed by atoms with Gasteiger partial charge in [-0.05, 0) is 30.7 Å². The van der Waals surface area contributed by atoms with Gasteiger partial charge >= 0.3 is 0 Å². The maximum atomic E-state index is 13.0. The lowest BCUT2D eigenvalue weighted by Gasteiger charge is -2.26. The van der Waals surface area contributed by atoms with Gasteiger partial charge in [-0.15, -0.1) is 0 Å². The summed E-state index contributed by atoms with van der Waals surface area (Å²) >= 11 is 0. The number of ether oxygens (including phenoxy) is 1. The highest BCUT2D eigenvalue weighted by Crippen LogP contribution is 2.18. The molecule has 3 N–H and O–H groups in total. The van der Waals surface area contributed by atoms with Gasteiger partial charge in [0.2, 0.25) is 5.89 Å². The Kier molecular flexibility index (Phi) is 7.18. The summed E-state index contributed by atoms with van der Waals surface area (Å²) in [6.07, 6.45) is 3.25. The average Bonchev–Trinajstić information content (AvgIpc) is 3.15. The summed E-state index contributed by atoms with van der Waals surface area (Å²) in [5.74, 6) is 0.642. The summed E-state index contributed by atoms with van der Waals surface area (Å²) in [5, 5.41) is 3.09. The number of halogens is 1. The molecule has 0 aliphatic carbocycles. The number of nitrogens with zero attached hydrogens (tertiary/aromatic N) is 3. The van der Waals surface area contributed by atoms with Crippen LogP contribution in [0.4, 0.5) is 4.39 Å². The first-order valence-corrected chi connectivity index (χ1v) is 9.25. The van der Waals surface area contributed by atoms with E-state index in [1.165, 1.54) is 12.1 Å². The molecule has 2 aromatic rings. The van der Waals surface area contributed by atoms with Gasteiger partial charge in [-0.2, -0.15) is 0 Å². The Morgan fingerprint density at radius 2 is 2.04 bits per heavy atom. The Morgan fingerprint density at radius 3 is 2.81 bits per heavy atom. The number of morpholine rings is 1. The molecule has 0 amide bonds. The predicted octanol–water partition coefficient (Wildman–Crippen LogP) is 1.65. The molecule has 0 radical (unpaired) electrons. The lowest BCUT2D eigenvalue weighted by molar-refractivity contribution is 0.0377. The highest BCUT2D eigenvalue weighted by molar-refractivity contribution is 5.77. The number of hydrogen-bond donors (Lipinski definition) is 2. The van der Waals surface area contributed by atoms with Gasteiger partial charge < -0.3 is 20.2 Å². The van der Waals surface area contributed by atoms with Gasteiger partial charge in [-0.25, -0.2) is 9.37 Å². The summed E-state index contributed by atoms with van der Waals surface area (Å²) in [7, 11) is 0. The van der Waals surface area contributed by atoms with Crippen molar-refractivity contribution in [1.29, 1.82) is 0 Å². The molecule has 0 unspecified atom stereocenters. The molecule has 1 aliphatic heterocycles. The number of aromatic nitrogens is 1. The van der Waals surface area contributed by atoms with Crippen LogP contribution < -0.4 is 11.1 Å². The Bertz CT molecular complexity index is 726. The van der Waals surface area contributed by atoms with Crippen molar-refractivity contribution >= 4 is 5.96 Å². The van der Waals surface area contributed by atoms with Crippen molar-refractivity contribution in [1.82, 2.24) is 15.2 Å². The molecule has 1 saturated heterocycles. The topological polar surface area (TPSA) is 88.9 Å². The van der Waals surface area contributed by atoms with E-state index in [1.807, 2.05) is 0 Å². The first-order chi connectivity index (χ1) is 13.2. The first kappa shape index (κ1) is 19.3. The maximum absolute atomic E-state index is 13.0. The number of nitrogens with two attached hydrogens (primary N) is 1. The largest absolute Gasteiger partial charge is 0.444 e. The Morgan fingerprint density at radius 1 is 1.26 bits per heavy atom. The summed E-state index contributed by atoms with van der Waals surface area (Å²) < 4.78 is 23.7. The van der Waals surface area contributed by atoms with E-state index in [2.05, 4.69) is 20.2 Å². The molecule has 1 aromatic carbocycles. The molecule has 8 heteroatoms. The van der Waals surface area contributed by atoms with Crippen LogP contribution in [0.3, 0.4) is 0 Å². The molecule has 0 atom stereocenters. The van der Waals surface area contributed by atoms with Crippen LogP contribution in [0.15, 0.2) is 39.9 Å². The van der Waals surface area contributed by atoms with E-state index < -0.39 is 0 Å². The Hall–Kier alpha value is -2.45. The van der Waals surface area contributed by atoms with Crippen molar-refractivity contribution in [2.75, 3.05) is 45.9 Å². The van der Waals surface area contributed by atoms with E-state index in [4.69, 9.17) is 14.9 Å². The van der Waals surface area contributed by atoms with Crippen LogP contribution in [-0.2, 0) is 11.2 Å². The zero-order valence-electron chi connectivity index (χ0n) is 15.4. The molecule has 1 aromatic heterocycles. The summed E-state index contributed by atoms with van der Waals surface area (Å²) in [6.45, 7) is 5.97. The second kappa shape index (κ2) is 10.0. The van der Waals surface area contributed by atoms with Crippen molar-refractivity contribution < 1.29 is 13.5 Å². The number of oxazole rings is 1. The van der Waals surface area contributed by atoms with Crippen LogP contribution in [0.25, 0.3) is 11.5 Å². The lowest BCUT2D eigenvalue weighted by Crippen LogP contribution is -2.37. The molecule has 0 saturated carbocycles. The fourth-order valence-corrected chi connectivity index (χ4v) is 2.84. The molecular weight excluding hydrogens is 349 g/mol. The van der Waals surface area contributed by atoms with E-state index in [-0.39, 0.29) is 5.82 Å². The van der Waals surface area contributed by atoms with Crippen molar-refractivity contribution in [3.63, 3.8) is 0 Å². The van der Waals surface area contributed by atoms with Crippen LogP contribution in [0.2, 0.25) is 0 Å². The van der Waals surface area contributed by atoms with Crippen LogP contribution in [-0.4, -0.2) is 61.8 Å². The lowest BCUT2D eigenvalue weighted by atomic mass is 10.2. The van der Waals surface area contributed by atoms with Crippen LogP contribution >= 0.6 is 0 Å². The minimum atomic E-state index is -0.283. The molecular formula is C19H26FN5O2. The number of guanidine groups is 1. The molecule has 1 fully saturated rings. The van der Waals surface area contributed by atoms with Crippen molar-refractivity contribution in [3.8, 4) is 11.5 Å². The Labute approximate surface area is 158 Å². The highest BCUT2D eigenvalue weighted by Gasteiger charge is 2.09. The monoisotopic (exact) mass is 375 g/mol. The molecule has 3 rings (SSSR count). The maximum Gasteiger partial charge on any atom is 0.226 e. The molecule has 146 valence electrons. The van der Waals surface area contributed by atoms with E-state index in [1.54, 1.807) is 18.4 Å². The van der Waals surface area contributed by atoms with E-state index in [0.29, 0.717) is 31.4 Å². The fourth-order valence-electron chi connectivity index (χ4n) is 2.84. The minimum absolute atomic E-state index is 0.283. The quantitative estimate of drug-likeness (QED) is 0.414. The number of aliphatic imine (C=N–C) groups is 1. The highest BCUT2D eigenvalue weighted by atomic mass is 19.1. The van der Waals surface area contributed by atoms with Crippen LogP contribution in [0.5, 0.6) is 0 Å². The third-order valence-electron chi connectivity index (χ3n) is 4.35. The standard InChI is InChI=1S/C19H26FN5O2/c20-16-4-2-15(3-5-16)18-24-17(14-27-18)6-8-23-19(21)22-7-1-9-25-10-12-26-13-11-25/h2-5,14H,1,6-13H2,(H3,21,22,23). The zero-order chi connectivity index (χ0) is 18.9. The fraction of sp³-hybridized carbons (Fsp3) is 0.474. The number of nitrogens with one attached hydrogen (secondary N) is 1. The zero-order valence-corrected chi connectivity index (χ0v) is 15.4. The van der Waals surface area contributed by atoms with Gasteiger partial charge in [0.25, 0.3) is 0 Å². The molecule has 2 heterocycles. The summed E-state index contributed by atoms with van der Waals surface area (Å²) in [5.41, 5.74) is 7.45. The number of hydrogen-bond acceptors (Lipinski definition) is 5. The minimum Gasteiger partial charge on any atom is -0.444 e. The van der Waals surface area contributed by atoms with Gasteiger partial charge in [-0.3, -0.25) is 9.89 Å². The van der Waals surface area contributed by atoms with Gasteiger partial charge in [0, 0.05) is 44.7 Å². The second-order valence-corrected chi connectivity index (χ2v) is 6.40. The smallest absolute Gasteiger partial charge is 0.226 e. The predicted molar refractivity (Wildman–Crippen MR) is 102 cm³/mol. The third-order valence-corrected chi connectivity index (χ3v) is 4.35. The van der Waals surface area contributed by atoms with Gasteiger partial charge in [-0.1, -0.05) is 0 Å². The van der Waals surface area contributed by atoms with Gasteiger partial charge in [0.15, 0.2) is 5.96 Å².